The number of nitrogens with zero attached hydrogens (tertiary/aromatic N) is 1. The number of benzene rings is 1. The number of rotatable bonds is 3. The van der Waals surface area contributed by atoms with Gasteiger partial charge >= 0.3 is 0 Å². The molecule has 0 spiro atoms. The minimum absolute atomic E-state index is 0.0668. The summed E-state index contributed by atoms with van der Waals surface area (Å²) in [5.74, 6) is -1.96. The molecule has 1 saturated heterocycles. The molecule has 1 aliphatic rings. The van der Waals surface area contributed by atoms with Crippen LogP contribution in [0.25, 0.3) is 0 Å². The molecule has 1 aromatic rings. The smallest absolute Gasteiger partial charge is 0.246 e. The fourth-order valence-corrected chi connectivity index (χ4v) is 3.47. The predicted molar refractivity (Wildman–Crippen MR) is 60.4 cm³/mol. The van der Waals surface area contributed by atoms with E-state index in [1.54, 1.807) is 6.92 Å². The number of hydrogen-bond acceptors (Lipinski definition) is 3. The second-order valence-corrected chi connectivity index (χ2v) is 6.33. The van der Waals surface area contributed by atoms with Gasteiger partial charge in [-0.05, 0) is 18.6 Å². The Morgan fingerprint density at radius 1 is 1.39 bits per heavy atom. The molecule has 0 atom stereocenters. The lowest BCUT2D eigenvalue weighted by Crippen LogP contribution is -2.62. The molecule has 1 aromatic carbocycles. The summed E-state index contributed by atoms with van der Waals surface area (Å²) >= 11 is 0. The quantitative estimate of drug-likeness (QED) is 0.900. The van der Waals surface area contributed by atoms with Gasteiger partial charge in [0.2, 0.25) is 10.0 Å². The van der Waals surface area contributed by atoms with Crippen LogP contribution < -0.4 is 0 Å². The lowest BCUT2D eigenvalue weighted by atomic mass is 9.94. The Labute approximate surface area is 104 Å². The Kier molecular flexibility index (Phi) is 3.16. The molecular weight excluding hydrogens is 264 g/mol. The topological polar surface area (TPSA) is 57.6 Å². The van der Waals surface area contributed by atoms with Crippen molar-refractivity contribution < 1.29 is 22.3 Å². The third kappa shape index (κ3) is 2.13. The van der Waals surface area contributed by atoms with Crippen molar-refractivity contribution >= 4 is 10.0 Å². The van der Waals surface area contributed by atoms with Crippen LogP contribution >= 0.6 is 0 Å². The number of hydrogen-bond donors (Lipinski definition) is 1. The van der Waals surface area contributed by atoms with E-state index >= 15 is 0 Å². The van der Waals surface area contributed by atoms with Gasteiger partial charge in [-0.15, -0.1) is 0 Å². The molecule has 2 rings (SSSR count). The molecule has 18 heavy (non-hydrogen) atoms. The third-order valence-corrected chi connectivity index (χ3v) is 4.94. The highest BCUT2D eigenvalue weighted by Gasteiger charge is 2.46. The average Bonchev–Trinajstić information content (AvgIpc) is 2.24. The van der Waals surface area contributed by atoms with E-state index in [0.717, 1.165) is 16.4 Å². The van der Waals surface area contributed by atoms with Gasteiger partial charge in [-0.3, -0.25) is 0 Å². The predicted octanol–water partition coefficient (Wildman–Crippen LogP) is 1.11. The van der Waals surface area contributed by atoms with Crippen LogP contribution in [0.5, 0.6) is 0 Å². The van der Waals surface area contributed by atoms with Gasteiger partial charge in [0, 0.05) is 19.2 Å². The van der Waals surface area contributed by atoms with Crippen LogP contribution in [-0.2, 0) is 10.0 Å². The zero-order valence-corrected chi connectivity index (χ0v) is 10.5. The lowest BCUT2D eigenvalue weighted by molar-refractivity contribution is -0.0614. The molecule has 1 aliphatic heterocycles. The lowest BCUT2D eigenvalue weighted by Gasteiger charge is -2.44. The second kappa shape index (κ2) is 4.25. The molecule has 4 nitrogen and oxygen atoms in total. The van der Waals surface area contributed by atoms with Crippen LogP contribution in [-0.4, -0.2) is 36.5 Å². The first-order valence-corrected chi connectivity index (χ1v) is 6.90. The summed E-state index contributed by atoms with van der Waals surface area (Å²) in [6.45, 7) is 1.60. The van der Waals surface area contributed by atoms with Crippen LogP contribution in [0.15, 0.2) is 23.1 Å². The summed E-state index contributed by atoms with van der Waals surface area (Å²) in [7, 11) is -4.00. The normalized spacial score (nSPS) is 19.6. The maximum absolute atomic E-state index is 13.4. The molecule has 1 fully saturated rings. The van der Waals surface area contributed by atoms with Crippen LogP contribution in [0, 0.1) is 11.6 Å². The van der Waals surface area contributed by atoms with E-state index in [-0.39, 0.29) is 13.1 Å². The van der Waals surface area contributed by atoms with Gasteiger partial charge in [0.05, 0.1) is 5.60 Å². The fourth-order valence-electron chi connectivity index (χ4n) is 1.83. The van der Waals surface area contributed by atoms with Crippen molar-refractivity contribution in [2.45, 2.75) is 23.8 Å². The van der Waals surface area contributed by atoms with Gasteiger partial charge in [-0.1, -0.05) is 6.92 Å². The van der Waals surface area contributed by atoms with Gasteiger partial charge in [-0.2, -0.15) is 4.31 Å². The Bertz CT molecular complexity index is 568. The second-order valence-electron chi connectivity index (χ2n) is 4.43. The average molecular weight is 277 g/mol. The standard InChI is InChI=1S/C11H13F2NO3S/c1-2-11(15)6-14(7-11)18(16,17)10-4-3-8(12)5-9(10)13/h3-5,15H,2,6-7H2,1H3. The van der Waals surface area contributed by atoms with E-state index in [9.17, 15) is 22.3 Å². The molecule has 0 bridgehead atoms. The summed E-state index contributed by atoms with van der Waals surface area (Å²) in [5.41, 5.74) is -1.04. The van der Waals surface area contributed by atoms with E-state index in [1.807, 2.05) is 0 Å². The minimum Gasteiger partial charge on any atom is -0.387 e. The van der Waals surface area contributed by atoms with Crippen molar-refractivity contribution in [3.63, 3.8) is 0 Å². The molecule has 100 valence electrons. The maximum Gasteiger partial charge on any atom is 0.246 e. The Morgan fingerprint density at radius 3 is 2.50 bits per heavy atom. The summed E-state index contributed by atoms with van der Waals surface area (Å²) < 4.78 is 51.1. The van der Waals surface area contributed by atoms with Crippen LogP contribution in [0.4, 0.5) is 8.78 Å². The zero-order valence-electron chi connectivity index (χ0n) is 9.73. The molecule has 0 saturated carbocycles. The van der Waals surface area contributed by atoms with Crippen LogP contribution in [0.1, 0.15) is 13.3 Å². The van der Waals surface area contributed by atoms with Crippen molar-refractivity contribution in [2.75, 3.05) is 13.1 Å². The molecule has 0 radical (unpaired) electrons. The van der Waals surface area contributed by atoms with E-state index in [2.05, 4.69) is 0 Å². The van der Waals surface area contributed by atoms with Crippen molar-refractivity contribution in [3.05, 3.63) is 29.8 Å². The van der Waals surface area contributed by atoms with Crippen LogP contribution in [0.2, 0.25) is 0 Å². The van der Waals surface area contributed by atoms with Crippen molar-refractivity contribution in [2.24, 2.45) is 0 Å². The molecule has 7 heteroatoms. The first-order valence-electron chi connectivity index (χ1n) is 5.46. The van der Waals surface area contributed by atoms with E-state index < -0.39 is 32.2 Å². The van der Waals surface area contributed by atoms with Crippen molar-refractivity contribution in [1.82, 2.24) is 4.31 Å². The largest absolute Gasteiger partial charge is 0.387 e. The Balaban J connectivity index is 2.28. The third-order valence-electron chi connectivity index (χ3n) is 3.11. The van der Waals surface area contributed by atoms with Gasteiger partial charge in [0.25, 0.3) is 0 Å². The molecule has 1 N–H and O–H groups in total. The van der Waals surface area contributed by atoms with Crippen molar-refractivity contribution in [1.29, 1.82) is 0 Å². The highest BCUT2D eigenvalue weighted by atomic mass is 32.2. The Hall–Kier alpha value is -1.05. The summed E-state index contributed by atoms with van der Waals surface area (Å²) in [4.78, 5) is -0.568. The first kappa shape index (κ1) is 13.4. The molecule has 1 heterocycles. The van der Waals surface area contributed by atoms with Gasteiger partial charge < -0.3 is 5.11 Å². The number of halogens is 2. The highest BCUT2D eigenvalue weighted by Crippen LogP contribution is 2.31. The van der Waals surface area contributed by atoms with E-state index in [4.69, 9.17) is 0 Å². The van der Waals surface area contributed by atoms with E-state index in [1.165, 1.54) is 0 Å². The van der Waals surface area contributed by atoms with E-state index in [0.29, 0.717) is 12.5 Å². The fraction of sp³-hybridized carbons (Fsp3) is 0.455. The SMILES string of the molecule is CCC1(O)CN(S(=O)(=O)c2ccc(F)cc2F)C1. The minimum atomic E-state index is -4.00. The molecule has 0 aliphatic carbocycles. The number of β-amino-alcohol motifs (C(OH)–C–C–N with tert-alkyl or cyclic N) is 1. The molecule has 0 unspecified atom stereocenters. The summed E-state index contributed by atoms with van der Waals surface area (Å²) in [5, 5.41) is 9.75. The number of aliphatic hydroxyl groups is 1. The zero-order chi connectivity index (χ0) is 13.6. The van der Waals surface area contributed by atoms with Gasteiger partial charge in [0.15, 0.2) is 0 Å². The first-order chi connectivity index (χ1) is 8.28. The summed E-state index contributed by atoms with van der Waals surface area (Å²) in [6, 6.07) is 2.31. The Morgan fingerprint density at radius 2 is 2.00 bits per heavy atom. The van der Waals surface area contributed by atoms with Crippen LogP contribution in [0.3, 0.4) is 0 Å². The molecule has 0 amide bonds. The maximum atomic E-state index is 13.4. The van der Waals surface area contributed by atoms with Crippen molar-refractivity contribution in [3.8, 4) is 0 Å². The molecule has 0 aromatic heterocycles. The molecular formula is C11H13F2NO3S. The summed E-state index contributed by atoms with van der Waals surface area (Å²) in [6.07, 6.45) is 0.422. The number of sulfonamides is 1. The van der Waals surface area contributed by atoms with Gasteiger partial charge in [-0.25, -0.2) is 17.2 Å². The van der Waals surface area contributed by atoms with Gasteiger partial charge in [0.1, 0.15) is 16.5 Å². The highest BCUT2D eigenvalue weighted by molar-refractivity contribution is 7.89. The monoisotopic (exact) mass is 277 g/mol.